The van der Waals surface area contributed by atoms with Gasteiger partial charge in [-0.1, -0.05) is 37.3 Å². The standard InChI is InChI=1S/C29H32N8O2S/c1-20(21-9-5-4-6-10-21)18-30-27-33-28(32-22-12-13-23-25(17-22)40-19-31-23)35-29(34-27)37(3)15-8-14-36(2)26(38)24-11-7-16-39-24/h4-7,9-13,16-17,19-20H,8,14-15,18H2,1-3H3,(H2,30,32,33,34,35). The van der Waals surface area contributed by atoms with Crippen LogP contribution in [0.4, 0.5) is 23.5 Å². The molecule has 1 atom stereocenters. The Hall–Kier alpha value is -4.51. The van der Waals surface area contributed by atoms with E-state index in [1.807, 2.05) is 53.9 Å². The first-order valence-electron chi connectivity index (χ1n) is 13.1. The summed E-state index contributed by atoms with van der Waals surface area (Å²) >= 11 is 1.59. The molecule has 0 aliphatic rings. The second-order valence-electron chi connectivity index (χ2n) is 9.61. The number of thiazole rings is 1. The van der Waals surface area contributed by atoms with Crippen molar-refractivity contribution in [1.82, 2.24) is 24.8 Å². The van der Waals surface area contributed by atoms with Gasteiger partial charge >= 0.3 is 0 Å². The molecule has 1 amide bonds. The van der Waals surface area contributed by atoms with Crippen molar-refractivity contribution in [2.75, 3.05) is 49.3 Å². The zero-order valence-corrected chi connectivity index (χ0v) is 23.6. The minimum Gasteiger partial charge on any atom is -0.459 e. The predicted molar refractivity (Wildman–Crippen MR) is 160 cm³/mol. The van der Waals surface area contributed by atoms with Crippen molar-refractivity contribution in [2.24, 2.45) is 0 Å². The van der Waals surface area contributed by atoms with Crippen molar-refractivity contribution >= 4 is 51.0 Å². The fourth-order valence-corrected chi connectivity index (χ4v) is 4.93. The molecule has 0 aliphatic carbocycles. The molecule has 1 unspecified atom stereocenters. The minimum atomic E-state index is -0.142. The molecule has 5 rings (SSSR count). The molecule has 0 aliphatic heterocycles. The Morgan fingerprint density at radius 1 is 1.00 bits per heavy atom. The predicted octanol–water partition coefficient (Wildman–Crippen LogP) is 5.63. The third kappa shape index (κ3) is 6.73. The van der Waals surface area contributed by atoms with Crippen LogP contribution in [0, 0.1) is 0 Å². The van der Waals surface area contributed by atoms with Crippen LogP contribution in [0.1, 0.15) is 35.4 Å². The number of carbonyl (C=O) groups excluding carboxylic acids is 1. The highest BCUT2D eigenvalue weighted by molar-refractivity contribution is 7.16. The van der Waals surface area contributed by atoms with Crippen molar-refractivity contribution < 1.29 is 9.21 Å². The summed E-state index contributed by atoms with van der Waals surface area (Å²) in [6.45, 7) is 4.05. The summed E-state index contributed by atoms with van der Waals surface area (Å²) in [4.78, 5) is 34.5. The van der Waals surface area contributed by atoms with Gasteiger partial charge in [0.2, 0.25) is 17.8 Å². The van der Waals surface area contributed by atoms with Crippen LogP contribution >= 0.6 is 11.3 Å². The molecule has 0 saturated heterocycles. The summed E-state index contributed by atoms with van der Waals surface area (Å²) in [5.74, 6) is 1.93. The van der Waals surface area contributed by atoms with Crippen LogP contribution in [0.3, 0.4) is 0 Å². The van der Waals surface area contributed by atoms with Gasteiger partial charge in [-0.15, -0.1) is 11.3 Å². The summed E-state index contributed by atoms with van der Waals surface area (Å²) in [5, 5.41) is 6.73. The maximum Gasteiger partial charge on any atom is 0.289 e. The van der Waals surface area contributed by atoms with Gasteiger partial charge in [0.15, 0.2) is 5.76 Å². The molecule has 0 bridgehead atoms. The summed E-state index contributed by atoms with van der Waals surface area (Å²) in [7, 11) is 3.71. The highest BCUT2D eigenvalue weighted by Crippen LogP contribution is 2.25. The fraction of sp³-hybridized carbons (Fsp3) is 0.276. The lowest BCUT2D eigenvalue weighted by molar-refractivity contribution is 0.0762. The zero-order valence-electron chi connectivity index (χ0n) is 22.7. The molecular weight excluding hydrogens is 524 g/mol. The molecule has 10 nitrogen and oxygen atoms in total. The van der Waals surface area contributed by atoms with E-state index in [-0.39, 0.29) is 11.8 Å². The first-order valence-corrected chi connectivity index (χ1v) is 14.0. The van der Waals surface area contributed by atoms with E-state index in [4.69, 9.17) is 14.4 Å². The molecule has 2 N–H and O–H groups in total. The molecule has 0 spiro atoms. The SMILES string of the molecule is CC(CNc1nc(Nc2ccc3ncsc3c2)nc(N(C)CCCN(C)C(=O)c2ccco2)n1)c1ccccc1. The van der Waals surface area contributed by atoms with Gasteiger partial charge in [-0.25, -0.2) is 4.98 Å². The van der Waals surface area contributed by atoms with Gasteiger partial charge in [0.1, 0.15) is 0 Å². The van der Waals surface area contributed by atoms with E-state index in [0.717, 1.165) is 22.3 Å². The Labute approximate surface area is 237 Å². The first kappa shape index (κ1) is 27.1. The van der Waals surface area contributed by atoms with E-state index in [1.165, 1.54) is 11.8 Å². The van der Waals surface area contributed by atoms with Gasteiger partial charge in [-0.2, -0.15) is 15.0 Å². The van der Waals surface area contributed by atoms with Crippen molar-refractivity contribution in [3.8, 4) is 0 Å². The van der Waals surface area contributed by atoms with Crippen LogP contribution < -0.4 is 15.5 Å². The smallest absolute Gasteiger partial charge is 0.289 e. The van der Waals surface area contributed by atoms with Crippen molar-refractivity contribution in [2.45, 2.75) is 19.3 Å². The summed E-state index contributed by atoms with van der Waals surface area (Å²) < 4.78 is 6.31. The van der Waals surface area contributed by atoms with Crippen molar-refractivity contribution in [1.29, 1.82) is 0 Å². The molecule has 40 heavy (non-hydrogen) atoms. The number of nitrogens with one attached hydrogen (secondary N) is 2. The molecule has 0 radical (unpaired) electrons. The number of rotatable bonds is 12. The number of amides is 1. The molecule has 3 aromatic heterocycles. The highest BCUT2D eigenvalue weighted by atomic mass is 32.1. The number of fused-ring (bicyclic) bond motifs is 1. The van der Waals surface area contributed by atoms with Crippen molar-refractivity contribution in [3.05, 3.63) is 83.8 Å². The summed E-state index contributed by atoms with van der Waals surface area (Å²) in [6, 6.07) is 19.7. The molecular formula is C29H32N8O2S. The van der Waals surface area contributed by atoms with Gasteiger partial charge in [0.25, 0.3) is 5.91 Å². The second kappa shape index (κ2) is 12.6. The lowest BCUT2D eigenvalue weighted by Gasteiger charge is -2.21. The lowest BCUT2D eigenvalue weighted by Crippen LogP contribution is -2.30. The van der Waals surface area contributed by atoms with E-state index in [1.54, 1.807) is 35.4 Å². The quantitative estimate of drug-likeness (QED) is 0.202. The van der Waals surface area contributed by atoms with Gasteiger partial charge in [-0.3, -0.25) is 4.79 Å². The maximum absolute atomic E-state index is 12.5. The summed E-state index contributed by atoms with van der Waals surface area (Å²) in [6.07, 6.45) is 2.23. The third-order valence-corrected chi connectivity index (χ3v) is 7.34. The monoisotopic (exact) mass is 556 g/mol. The molecule has 11 heteroatoms. The van der Waals surface area contributed by atoms with E-state index >= 15 is 0 Å². The topological polar surface area (TPSA) is 112 Å². The van der Waals surface area contributed by atoms with Gasteiger partial charge < -0.3 is 24.9 Å². The number of nitrogens with zero attached hydrogens (tertiary/aromatic N) is 6. The molecule has 0 fully saturated rings. The van der Waals surface area contributed by atoms with Crippen LogP contribution in [0.2, 0.25) is 0 Å². The molecule has 206 valence electrons. The highest BCUT2D eigenvalue weighted by Gasteiger charge is 2.16. The Morgan fingerprint density at radius 3 is 2.62 bits per heavy atom. The zero-order chi connectivity index (χ0) is 27.9. The Kier molecular flexibility index (Phi) is 8.50. The number of hydrogen-bond donors (Lipinski definition) is 2. The Balaban J connectivity index is 1.29. The van der Waals surface area contributed by atoms with Crippen LogP contribution in [-0.4, -0.2) is 64.5 Å². The third-order valence-electron chi connectivity index (χ3n) is 6.55. The van der Waals surface area contributed by atoms with Crippen LogP contribution in [-0.2, 0) is 0 Å². The van der Waals surface area contributed by atoms with Gasteiger partial charge in [-0.05, 0) is 48.2 Å². The Morgan fingerprint density at radius 2 is 1.82 bits per heavy atom. The number of furan rings is 1. The number of carbonyl (C=O) groups is 1. The molecule has 5 aromatic rings. The van der Waals surface area contributed by atoms with E-state index in [9.17, 15) is 4.79 Å². The Bertz CT molecular complexity index is 1540. The number of hydrogen-bond acceptors (Lipinski definition) is 10. The van der Waals surface area contributed by atoms with E-state index < -0.39 is 0 Å². The van der Waals surface area contributed by atoms with Crippen LogP contribution in [0.25, 0.3) is 10.2 Å². The molecule has 2 aromatic carbocycles. The van der Waals surface area contributed by atoms with Gasteiger partial charge in [0, 0.05) is 39.4 Å². The van der Waals surface area contributed by atoms with Crippen LogP contribution in [0.5, 0.6) is 0 Å². The largest absolute Gasteiger partial charge is 0.459 e. The molecule has 3 heterocycles. The van der Waals surface area contributed by atoms with E-state index in [2.05, 4.69) is 39.7 Å². The van der Waals surface area contributed by atoms with Crippen molar-refractivity contribution in [3.63, 3.8) is 0 Å². The molecule has 0 saturated carbocycles. The average molecular weight is 557 g/mol. The average Bonchev–Trinajstić information content (AvgIpc) is 3.68. The van der Waals surface area contributed by atoms with Crippen LogP contribution in [0.15, 0.2) is 76.9 Å². The normalized spacial score (nSPS) is 11.8. The number of benzene rings is 2. The number of anilines is 4. The number of aromatic nitrogens is 4. The lowest BCUT2D eigenvalue weighted by atomic mass is 10.0. The minimum absolute atomic E-state index is 0.142. The van der Waals surface area contributed by atoms with Gasteiger partial charge in [0.05, 0.1) is 22.0 Å². The second-order valence-corrected chi connectivity index (χ2v) is 10.5. The van der Waals surface area contributed by atoms with E-state index in [0.29, 0.717) is 43.2 Å². The summed E-state index contributed by atoms with van der Waals surface area (Å²) in [5.41, 5.74) is 4.91. The first-order chi connectivity index (χ1) is 19.5. The maximum atomic E-state index is 12.5. The fourth-order valence-electron chi connectivity index (χ4n) is 4.21.